The molecule has 2 rings (SSSR count). The Morgan fingerprint density at radius 2 is 1.85 bits per heavy atom. The second kappa shape index (κ2) is 6.43. The van der Waals surface area contributed by atoms with Crippen LogP contribution in [0, 0.1) is 0 Å². The van der Waals surface area contributed by atoms with Crippen LogP contribution in [0.2, 0.25) is 0 Å². The average Bonchev–Trinajstić information content (AvgIpc) is 2.49. The van der Waals surface area contributed by atoms with E-state index in [1.807, 2.05) is 18.2 Å². The van der Waals surface area contributed by atoms with E-state index in [0.29, 0.717) is 11.3 Å². The van der Waals surface area contributed by atoms with Crippen LogP contribution in [0.5, 0.6) is 5.75 Å². The van der Waals surface area contributed by atoms with Crippen molar-refractivity contribution in [3.05, 3.63) is 66.4 Å². The molecule has 0 heterocycles. The maximum absolute atomic E-state index is 11.9. The largest absolute Gasteiger partial charge is 0.497 e. The maximum Gasteiger partial charge on any atom is 0.187 e. The maximum atomic E-state index is 11.9. The SMILES string of the molecule is COc1ccc(C(=O)C=CNc2ccccc2N)cc1. The van der Waals surface area contributed by atoms with Gasteiger partial charge in [-0.15, -0.1) is 0 Å². The highest BCUT2D eigenvalue weighted by molar-refractivity contribution is 6.04. The number of allylic oxidation sites excluding steroid dienone is 1. The number of methoxy groups -OCH3 is 1. The van der Waals surface area contributed by atoms with E-state index < -0.39 is 0 Å². The monoisotopic (exact) mass is 268 g/mol. The van der Waals surface area contributed by atoms with Crippen LogP contribution >= 0.6 is 0 Å². The molecule has 2 aromatic carbocycles. The Hall–Kier alpha value is -2.75. The number of rotatable bonds is 5. The number of ketones is 1. The van der Waals surface area contributed by atoms with Gasteiger partial charge >= 0.3 is 0 Å². The number of nitrogen functional groups attached to an aromatic ring is 1. The number of carbonyl (C=O) groups excluding carboxylic acids is 1. The molecule has 0 amide bonds. The first-order valence-corrected chi connectivity index (χ1v) is 6.16. The van der Waals surface area contributed by atoms with Crippen LogP contribution < -0.4 is 15.8 Å². The van der Waals surface area contributed by atoms with E-state index in [4.69, 9.17) is 10.5 Å². The van der Waals surface area contributed by atoms with Gasteiger partial charge in [0.05, 0.1) is 18.5 Å². The Morgan fingerprint density at radius 3 is 2.50 bits per heavy atom. The number of hydrogen-bond donors (Lipinski definition) is 2. The molecule has 0 aliphatic heterocycles. The summed E-state index contributed by atoms with van der Waals surface area (Å²) >= 11 is 0. The van der Waals surface area contributed by atoms with Crippen LogP contribution in [0.4, 0.5) is 11.4 Å². The third-order valence-electron chi connectivity index (χ3n) is 2.81. The summed E-state index contributed by atoms with van der Waals surface area (Å²) in [5.74, 6) is 0.635. The number of benzene rings is 2. The lowest BCUT2D eigenvalue weighted by molar-refractivity contribution is 0.104. The summed E-state index contributed by atoms with van der Waals surface area (Å²) in [6.45, 7) is 0. The summed E-state index contributed by atoms with van der Waals surface area (Å²) in [4.78, 5) is 11.9. The Morgan fingerprint density at radius 1 is 1.15 bits per heavy atom. The summed E-state index contributed by atoms with van der Waals surface area (Å²) in [6.07, 6.45) is 3.05. The topological polar surface area (TPSA) is 64.3 Å². The van der Waals surface area contributed by atoms with Crippen molar-refractivity contribution >= 4 is 17.2 Å². The molecule has 0 radical (unpaired) electrons. The number of para-hydroxylation sites is 2. The quantitative estimate of drug-likeness (QED) is 0.497. The van der Waals surface area contributed by atoms with E-state index in [1.165, 1.54) is 6.08 Å². The van der Waals surface area contributed by atoms with E-state index in [9.17, 15) is 4.79 Å². The number of anilines is 2. The Labute approximate surface area is 117 Å². The highest BCUT2D eigenvalue weighted by Crippen LogP contribution is 2.16. The Kier molecular flexibility index (Phi) is 4.39. The Balaban J connectivity index is 2.00. The summed E-state index contributed by atoms with van der Waals surface area (Å²) < 4.78 is 5.05. The predicted octanol–water partition coefficient (Wildman–Crippen LogP) is 3.09. The normalized spacial score (nSPS) is 10.4. The fraction of sp³-hybridized carbons (Fsp3) is 0.0625. The van der Waals surface area contributed by atoms with Gasteiger partial charge in [-0.1, -0.05) is 12.1 Å². The minimum atomic E-state index is -0.0883. The first kappa shape index (κ1) is 13.7. The van der Waals surface area contributed by atoms with Crippen LogP contribution in [0.15, 0.2) is 60.8 Å². The lowest BCUT2D eigenvalue weighted by Gasteiger charge is -2.04. The van der Waals surface area contributed by atoms with Gasteiger partial charge in [0, 0.05) is 17.8 Å². The second-order valence-corrected chi connectivity index (χ2v) is 4.16. The Bertz CT molecular complexity index is 619. The number of carbonyl (C=O) groups is 1. The van der Waals surface area contributed by atoms with Gasteiger partial charge in [0.2, 0.25) is 0 Å². The molecule has 0 aliphatic rings. The van der Waals surface area contributed by atoms with Gasteiger partial charge in [-0.2, -0.15) is 0 Å². The molecule has 0 saturated carbocycles. The van der Waals surface area contributed by atoms with Gasteiger partial charge in [0.1, 0.15) is 5.75 Å². The van der Waals surface area contributed by atoms with E-state index in [-0.39, 0.29) is 5.78 Å². The van der Waals surface area contributed by atoms with Crippen molar-refractivity contribution in [1.82, 2.24) is 0 Å². The molecule has 102 valence electrons. The lowest BCUT2D eigenvalue weighted by atomic mass is 10.1. The highest BCUT2D eigenvalue weighted by Gasteiger charge is 2.01. The van der Waals surface area contributed by atoms with Gasteiger partial charge in [-0.05, 0) is 36.4 Å². The van der Waals surface area contributed by atoms with Crippen LogP contribution in [0.25, 0.3) is 0 Å². The van der Waals surface area contributed by atoms with Crippen LogP contribution in [0.3, 0.4) is 0 Å². The van der Waals surface area contributed by atoms with Gasteiger partial charge in [-0.25, -0.2) is 0 Å². The van der Waals surface area contributed by atoms with Crippen LogP contribution in [0.1, 0.15) is 10.4 Å². The first-order valence-electron chi connectivity index (χ1n) is 6.16. The molecule has 0 bridgehead atoms. The highest BCUT2D eigenvalue weighted by atomic mass is 16.5. The molecule has 0 aromatic heterocycles. The van der Waals surface area contributed by atoms with E-state index in [1.54, 1.807) is 43.6 Å². The molecule has 4 heteroatoms. The third kappa shape index (κ3) is 3.38. The van der Waals surface area contributed by atoms with E-state index in [2.05, 4.69) is 5.32 Å². The van der Waals surface area contributed by atoms with Crippen molar-refractivity contribution in [2.75, 3.05) is 18.2 Å². The zero-order valence-corrected chi connectivity index (χ0v) is 11.2. The minimum Gasteiger partial charge on any atom is -0.497 e. The molecule has 20 heavy (non-hydrogen) atoms. The predicted molar refractivity (Wildman–Crippen MR) is 80.9 cm³/mol. The molecule has 2 aromatic rings. The number of ether oxygens (including phenoxy) is 1. The molecule has 3 N–H and O–H groups in total. The number of nitrogens with one attached hydrogen (secondary N) is 1. The molecular formula is C16H16N2O2. The molecule has 0 unspecified atom stereocenters. The molecule has 0 aliphatic carbocycles. The average molecular weight is 268 g/mol. The van der Waals surface area contributed by atoms with Crippen molar-refractivity contribution in [2.45, 2.75) is 0 Å². The number of hydrogen-bond acceptors (Lipinski definition) is 4. The second-order valence-electron chi connectivity index (χ2n) is 4.16. The van der Waals surface area contributed by atoms with Crippen molar-refractivity contribution in [3.63, 3.8) is 0 Å². The van der Waals surface area contributed by atoms with E-state index in [0.717, 1.165) is 11.4 Å². The first-order chi connectivity index (χ1) is 9.70. The van der Waals surface area contributed by atoms with E-state index >= 15 is 0 Å². The van der Waals surface area contributed by atoms with Crippen molar-refractivity contribution in [2.24, 2.45) is 0 Å². The summed E-state index contributed by atoms with van der Waals surface area (Å²) in [5, 5.41) is 2.99. The van der Waals surface area contributed by atoms with Crippen LogP contribution in [-0.2, 0) is 0 Å². The van der Waals surface area contributed by atoms with Crippen LogP contribution in [-0.4, -0.2) is 12.9 Å². The zero-order valence-electron chi connectivity index (χ0n) is 11.2. The lowest BCUT2D eigenvalue weighted by Crippen LogP contribution is -1.98. The van der Waals surface area contributed by atoms with Gasteiger partial charge in [0.25, 0.3) is 0 Å². The molecule has 0 spiro atoms. The number of nitrogens with two attached hydrogens (primary N) is 1. The fourth-order valence-corrected chi connectivity index (χ4v) is 1.69. The summed E-state index contributed by atoms with van der Waals surface area (Å²) in [5.41, 5.74) is 7.79. The van der Waals surface area contributed by atoms with Crippen molar-refractivity contribution in [1.29, 1.82) is 0 Å². The van der Waals surface area contributed by atoms with Gasteiger partial charge in [-0.3, -0.25) is 4.79 Å². The van der Waals surface area contributed by atoms with Crippen molar-refractivity contribution in [3.8, 4) is 5.75 Å². The smallest absolute Gasteiger partial charge is 0.187 e. The molecule has 0 saturated heterocycles. The van der Waals surface area contributed by atoms with Crippen molar-refractivity contribution < 1.29 is 9.53 Å². The molecular weight excluding hydrogens is 252 g/mol. The summed E-state index contributed by atoms with van der Waals surface area (Å²) in [7, 11) is 1.59. The molecule has 0 fully saturated rings. The summed E-state index contributed by atoms with van der Waals surface area (Å²) in [6, 6.07) is 14.3. The zero-order chi connectivity index (χ0) is 14.4. The molecule has 0 atom stereocenters. The molecule has 4 nitrogen and oxygen atoms in total. The third-order valence-corrected chi connectivity index (χ3v) is 2.81. The minimum absolute atomic E-state index is 0.0883. The van der Waals surface area contributed by atoms with Gasteiger partial charge < -0.3 is 15.8 Å². The van der Waals surface area contributed by atoms with Gasteiger partial charge in [0.15, 0.2) is 5.78 Å². The standard InChI is InChI=1S/C16H16N2O2/c1-20-13-8-6-12(7-9-13)16(19)10-11-18-15-5-3-2-4-14(15)17/h2-11,18H,17H2,1H3. The fourth-order valence-electron chi connectivity index (χ4n) is 1.69.